The second kappa shape index (κ2) is 15.9. The van der Waals surface area contributed by atoms with E-state index >= 15 is 0 Å². The highest BCUT2D eigenvalue weighted by Crippen LogP contribution is 2.32. The van der Waals surface area contributed by atoms with Crippen LogP contribution in [0.5, 0.6) is 0 Å². The van der Waals surface area contributed by atoms with Crippen molar-refractivity contribution in [3.8, 4) is 0 Å². The van der Waals surface area contributed by atoms with Gasteiger partial charge in [-0.1, -0.05) is 62.0 Å². The number of carbonyl (C=O) groups excluding carboxylic acids is 3. The molecule has 0 radical (unpaired) electrons. The summed E-state index contributed by atoms with van der Waals surface area (Å²) in [7, 11) is -4.10. The van der Waals surface area contributed by atoms with E-state index in [2.05, 4.69) is 22.1 Å². The Labute approximate surface area is 285 Å². The molecule has 0 spiro atoms. The molecule has 1 aliphatic heterocycles. The van der Waals surface area contributed by atoms with Crippen molar-refractivity contribution >= 4 is 45.3 Å². The summed E-state index contributed by atoms with van der Waals surface area (Å²) >= 11 is 1.18. The van der Waals surface area contributed by atoms with Gasteiger partial charge >= 0.3 is 12.1 Å². The first-order chi connectivity index (χ1) is 22.7. The van der Waals surface area contributed by atoms with Crippen LogP contribution in [0.4, 0.5) is 9.18 Å². The van der Waals surface area contributed by atoms with Crippen LogP contribution in [0.3, 0.4) is 0 Å². The molecule has 2 aromatic carbocycles. The third kappa shape index (κ3) is 9.71. The third-order valence-electron chi connectivity index (χ3n) is 7.30. The van der Waals surface area contributed by atoms with Gasteiger partial charge in [-0.2, -0.15) is 4.31 Å². The number of esters is 1. The predicted octanol–water partition coefficient (Wildman–Crippen LogP) is 5.46. The molecule has 4 rings (SSSR count). The zero-order valence-electron chi connectivity index (χ0n) is 27.5. The molecule has 0 bridgehead atoms. The van der Waals surface area contributed by atoms with Crippen molar-refractivity contribution in [2.45, 2.75) is 64.1 Å². The number of nitrogens with one attached hydrogen (secondary N) is 2. The number of thioether (sulfide) groups is 1. The molecule has 1 aliphatic carbocycles. The zero-order chi connectivity index (χ0) is 35.1. The van der Waals surface area contributed by atoms with Crippen molar-refractivity contribution in [1.82, 2.24) is 14.9 Å². The lowest BCUT2D eigenvalue weighted by Gasteiger charge is -2.26. The van der Waals surface area contributed by atoms with Crippen LogP contribution in [0.25, 0.3) is 5.57 Å². The number of rotatable bonds is 12. The van der Waals surface area contributed by atoms with Crippen LogP contribution < -0.4 is 10.6 Å². The standard InChI is InChI=1S/C35H40FN3O7S2/c1-23(2)30(38-34(42)46-35(3,4)5)33(41)45-21-19-29(26-11-15-27(36)16-12-26)37-31(40)32-39(20-22-47-32)48(43,44)28-17-13-25(14-18-28)24-9-7-6-8-10-24/h6-13,15-17,23,29-30,32H,19-22H2,1-5H3,(H,37,40)(H,38,42)/t29-,30-,32-/m0/s1. The number of allylic oxidation sites excluding steroid dienone is 3. The van der Waals surface area contributed by atoms with E-state index in [0.717, 1.165) is 9.87 Å². The Balaban J connectivity index is 1.47. The summed E-state index contributed by atoms with van der Waals surface area (Å²) in [6, 6.07) is 13.1. The molecule has 0 aromatic heterocycles. The van der Waals surface area contributed by atoms with Crippen LogP contribution in [-0.4, -0.2) is 66.6 Å². The first-order valence-corrected chi connectivity index (χ1v) is 18.0. The second-order valence-corrected chi connectivity index (χ2v) is 15.6. The number of hydrogen-bond donors (Lipinski definition) is 2. The fourth-order valence-electron chi connectivity index (χ4n) is 4.90. The zero-order valence-corrected chi connectivity index (χ0v) is 29.1. The number of nitrogens with zero attached hydrogens (tertiary/aromatic N) is 1. The van der Waals surface area contributed by atoms with E-state index in [0.29, 0.717) is 16.9 Å². The van der Waals surface area contributed by atoms with Gasteiger partial charge in [0.15, 0.2) is 0 Å². The SMILES string of the molecule is CC(C)[C@H](NC(=O)OC(C)(C)C)C(=O)OCC[C@H](NC(=O)[C@@H]1SCCN1S(=O)(=O)C1=C=C=C(c2ccccc2)C=C1)c1ccc(F)cc1. The van der Waals surface area contributed by atoms with Crippen LogP contribution in [0.15, 0.2) is 83.1 Å². The number of halogens is 1. The molecular weight excluding hydrogens is 658 g/mol. The van der Waals surface area contributed by atoms with Gasteiger partial charge in [0, 0.05) is 24.3 Å². The summed E-state index contributed by atoms with van der Waals surface area (Å²) in [4.78, 5) is 38.8. The Hall–Kier alpha value is -4.12. The van der Waals surface area contributed by atoms with Crippen LogP contribution >= 0.6 is 11.8 Å². The number of alkyl carbamates (subject to hydrolysis) is 1. The van der Waals surface area contributed by atoms with Crippen LogP contribution in [0.1, 0.15) is 58.2 Å². The van der Waals surface area contributed by atoms with Crippen molar-refractivity contribution < 1.29 is 36.7 Å². The molecule has 0 saturated carbocycles. The maximum Gasteiger partial charge on any atom is 0.408 e. The number of hydrogen-bond acceptors (Lipinski definition) is 8. The minimum atomic E-state index is -4.10. The van der Waals surface area contributed by atoms with Gasteiger partial charge in [-0.05, 0) is 67.8 Å². The van der Waals surface area contributed by atoms with Crippen molar-refractivity contribution in [3.05, 3.63) is 100 Å². The Kier molecular flexibility index (Phi) is 12.1. The van der Waals surface area contributed by atoms with Crippen molar-refractivity contribution in [1.29, 1.82) is 0 Å². The lowest BCUT2D eigenvalue weighted by molar-refractivity contribution is -0.147. The van der Waals surface area contributed by atoms with Crippen LogP contribution in [0, 0.1) is 11.7 Å². The highest BCUT2D eigenvalue weighted by atomic mass is 32.2. The topological polar surface area (TPSA) is 131 Å². The number of sulfonamides is 1. The van der Waals surface area contributed by atoms with E-state index in [1.54, 1.807) is 40.7 Å². The number of benzene rings is 2. The Bertz CT molecular complexity index is 1740. The number of carbonyl (C=O) groups is 3. The predicted molar refractivity (Wildman–Crippen MR) is 182 cm³/mol. The quantitative estimate of drug-likeness (QED) is 0.221. The Morgan fingerprint density at radius 1 is 1.02 bits per heavy atom. The summed E-state index contributed by atoms with van der Waals surface area (Å²) < 4.78 is 53.0. The molecule has 1 fully saturated rings. The lowest BCUT2D eigenvalue weighted by Crippen LogP contribution is -2.47. The van der Waals surface area contributed by atoms with Gasteiger partial charge < -0.3 is 20.1 Å². The van der Waals surface area contributed by atoms with Gasteiger partial charge in [0.2, 0.25) is 5.91 Å². The third-order valence-corrected chi connectivity index (χ3v) is 10.4. The molecule has 13 heteroatoms. The van der Waals surface area contributed by atoms with Gasteiger partial charge in [-0.25, -0.2) is 22.4 Å². The number of ether oxygens (including phenoxy) is 2. The lowest BCUT2D eigenvalue weighted by atomic mass is 10.0. The molecular formula is C35H40FN3O7S2. The highest BCUT2D eigenvalue weighted by Gasteiger charge is 2.41. The van der Waals surface area contributed by atoms with E-state index in [-0.39, 0.29) is 30.4 Å². The van der Waals surface area contributed by atoms with E-state index in [9.17, 15) is 27.2 Å². The normalized spacial score (nSPS) is 17.7. The highest BCUT2D eigenvalue weighted by molar-refractivity contribution is 8.02. The van der Waals surface area contributed by atoms with Crippen LogP contribution in [0.2, 0.25) is 0 Å². The molecule has 2 N–H and O–H groups in total. The first kappa shape index (κ1) is 36.7. The van der Waals surface area contributed by atoms with Crippen molar-refractivity contribution in [3.63, 3.8) is 0 Å². The Morgan fingerprint density at radius 2 is 1.71 bits per heavy atom. The van der Waals surface area contributed by atoms with E-state index in [1.807, 2.05) is 30.3 Å². The molecule has 2 amide bonds. The average molecular weight is 698 g/mol. The summed E-state index contributed by atoms with van der Waals surface area (Å²) in [5.74, 6) is -1.65. The first-order valence-electron chi connectivity index (χ1n) is 15.5. The minimum Gasteiger partial charge on any atom is -0.464 e. The molecule has 1 saturated heterocycles. The van der Waals surface area contributed by atoms with E-state index in [4.69, 9.17) is 9.47 Å². The molecule has 10 nitrogen and oxygen atoms in total. The largest absolute Gasteiger partial charge is 0.464 e. The molecule has 2 aromatic rings. The molecule has 0 unspecified atom stereocenters. The molecule has 256 valence electrons. The van der Waals surface area contributed by atoms with Crippen molar-refractivity contribution in [2.24, 2.45) is 5.92 Å². The van der Waals surface area contributed by atoms with E-state index < -0.39 is 56.9 Å². The van der Waals surface area contributed by atoms with Gasteiger partial charge in [-0.3, -0.25) is 4.79 Å². The van der Waals surface area contributed by atoms with Gasteiger partial charge in [0.1, 0.15) is 27.7 Å². The Morgan fingerprint density at radius 3 is 2.31 bits per heavy atom. The van der Waals surface area contributed by atoms with E-state index in [1.165, 1.54) is 42.1 Å². The monoisotopic (exact) mass is 697 g/mol. The van der Waals surface area contributed by atoms with Gasteiger partial charge in [0.05, 0.1) is 12.6 Å². The number of amides is 2. The molecule has 2 aliphatic rings. The second-order valence-electron chi connectivity index (χ2n) is 12.5. The molecule has 48 heavy (non-hydrogen) atoms. The molecule has 3 atom stereocenters. The van der Waals surface area contributed by atoms with Crippen molar-refractivity contribution in [2.75, 3.05) is 18.9 Å². The fraction of sp³-hybridized carbons (Fsp3) is 0.400. The molecule has 1 heterocycles. The maximum atomic E-state index is 13.8. The fourth-order valence-corrected chi connectivity index (χ4v) is 7.91. The maximum absolute atomic E-state index is 13.8. The average Bonchev–Trinajstić information content (AvgIpc) is 3.55. The summed E-state index contributed by atoms with van der Waals surface area (Å²) in [6.45, 7) is 8.57. The van der Waals surface area contributed by atoms with Gasteiger partial charge in [-0.15, -0.1) is 11.8 Å². The van der Waals surface area contributed by atoms with Gasteiger partial charge in [0.25, 0.3) is 10.0 Å². The minimum absolute atomic E-state index is 0.0915. The summed E-state index contributed by atoms with van der Waals surface area (Å²) in [6.07, 6.45) is 2.43. The van der Waals surface area contributed by atoms with Crippen LogP contribution in [-0.2, 0) is 29.1 Å². The smallest absolute Gasteiger partial charge is 0.408 e. The summed E-state index contributed by atoms with van der Waals surface area (Å²) in [5, 5.41) is 4.34. The summed E-state index contributed by atoms with van der Waals surface area (Å²) in [5.41, 5.74) is 6.98.